The monoisotopic (exact) mass is 436 g/mol. The Morgan fingerprint density at radius 2 is 1.66 bits per heavy atom. The third-order valence-electron chi connectivity index (χ3n) is 4.32. The van der Waals surface area contributed by atoms with Crippen LogP contribution in [0.3, 0.4) is 0 Å². The van der Waals surface area contributed by atoms with Gasteiger partial charge in [-0.2, -0.15) is 0 Å². The number of nitrogens with zero attached hydrogens (tertiary/aromatic N) is 2. The van der Waals surface area contributed by atoms with Crippen LogP contribution in [0.15, 0.2) is 23.2 Å². The molecular formula is C18H14F6N2O2S. The fourth-order valence-corrected chi connectivity index (χ4v) is 3.82. The molecule has 3 rings (SSSR count). The third kappa shape index (κ3) is 4.06. The van der Waals surface area contributed by atoms with Crippen molar-refractivity contribution in [3.8, 4) is 0 Å². The smallest absolute Gasteiger partial charge is 0.327 e. The molecule has 1 aliphatic rings. The zero-order valence-electron chi connectivity index (χ0n) is 14.9. The van der Waals surface area contributed by atoms with Crippen LogP contribution in [0, 0.1) is 34.9 Å². The number of ether oxygens (including phenoxy) is 1. The molecule has 0 spiro atoms. The summed E-state index contributed by atoms with van der Waals surface area (Å²) in [4.78, 5) is 15.1. The van der Waals surface area contributed by atoms with Gasteiger partial charge in [-0.3, -0.25) is 9.78 Å². The van der Waals surface area contributed by atoms with Crippen LogP contribution in [0.4, 0.5) is 26.3 Å². The summed E-state index contributed by atoms with van der Waals surface area (Å²) in [5.41, 5.74) is -1.10. The minimum atomic E-state index is -2.28. The first kappa shape index (κ1) is 21.4. The average molecular weight is 436 g/mol. The van der Waals surface area contributed by atoms with Gasteiger partial charge in [-0.1, -0.05) is 0 Å². The maximum atomic E-state index is 14.2. The molecule has 0 unspecified atom stereocenters. The molecule has 0 bridgehead atoms. The lowest BCUT2D eigenvalue weighted by molar-refractivity contribution is -0.149. The first-order valence-electron chi connectivity index (χ1n) is 8.46. The van der Waals surface area contributed by atoms with E-state index in [4.69, 9.17) is 4.74 Å². The number of halogens is 6. The van der Waals surface area contributed by atoms with Crippen molar-refractivity contribution >= 4 is 17.9 Å². The predicted octanol–water partition coefficient (Wildman–Crippen LogP) is 4.52. The topological polar surface area (TPSA) is 42.4 Å². The van der Waals surface area contributed by atoms with Gasteiger partial charge in [-0.25, -0.2) is 30.6 Å². The molecule has 1 aromatic heterocycles. The van der Waals surface area contributed by atoms with Crippen molar-refractivity contribution in [2.45, 2.75) is 36.7 Å². The van der Waals surface area contributed by atoms with Crippen LogP contribution in [-0.2, 0) is 16.1 Å². The second-order valence-corrected chi connectivity index (χ2v) is 7.28. The van der Waals surface area contributed by atoms with E-state index >= 15 is 0 Å². The van der Waals surface area contributed by atoms with E-state index in [0.29, 0.717) is 0 Å². The Hall–Kier alpha value is -2.27. The summed E-state index contributed by atoms with van der Waals surface area (Å²) in [6.07, 6.45) is 1.39. The Morgan fingerprint density at radius 1 is 1.07 bits per heavy atom. The van der Waals surface area contributed by atoms with E-state index in [9.17, 15) is 31.1 Å². The second-order valence-electron chi connectivity index (χ2n) is 6.25. The number of aromatic nitrogens is 1. The molecule has 29 heavy (non-hydrogen) atoms. The van der Waals surface area contributed by atoms with Crippen LogP contribution in [-0.4, -0.2) is 27.4 Å². The molecule has 2 aromatic rings. The van der Waals surface area contributed by atoms with Gasteiger partial charge in [-0.05, 0) is 43.8 Å². The summed E-state index contributed by atoms with van der Waals surface area (Å²) in [7, 11) is 0. The summed E-state index contributed by atoms with van der Waals surface area (Å²) in [6, 6.07) is 2.37. The summed E-state index contributed by atoms with van der Waals surface area (Å²) < 4.78 is 88.1. The van der Waals surface area contributed by atoms with Gasteiger partial charge in [0.2, 0.25) is 5.82 Å². The van der Waals surface area contributed by atoms with E-state index < -0.39 is 51.3 Å². The lowest BCUT2D eigenvalue weighted by atomic mass is 10.2. The molecule has 0 saturated heterocycles. The van der Waals surface area contributed by atoms with Crippen molar-refractivity contribution in [3.05, 3.63) is 58.9 Å². The summed E-state index contributed by atoms with van der Waals surface area (Å²) in [5.74, 6) is -11.8. The number of pyridine rings is 1. The van der Waals surface area contributed by atoms with Crippen LogP contribution in [0.25, 0.3) is 0 Å². The maximum Gasteiger partial charge on any atom is 0.327 e. The maximum absolute atomic E-state index is 14.2. The molecule has 4 nitrogen and oxygen atoms in total. The van der Waals surface area contributed by atoms with Crippen molar-refractivity contribution in [2.75, 3.05) is 6.61 Å². The van der Waals surface area contributed by atoms with E-state index in [1.54, 1.807) is 6.92 Å². The predicted molar refractivity (Wildman–Crippen MR) is 90.4 cm³/mol. The van der Waals surface area contributed by atoms with Crippen molar-refractivity contribution in [3.63, 3.8) is 0 Å². The van der Waals surface area contributed by atoms with Gasteiger partial charge in [0.05, 0.1) is 25.0 Å². The minimum absolute atomic E-state index is 0.0381. The van der Waals surface area contributed by atoms with Crippen molar-refractivity contribution in [2.24, 2.45) is 0 Å². The number of carbonyl (C=O) groups excluding carboxylic acids is 1. The van der Waals surface area contributed by atoms with Gasteiger partial charge >= 0.3 is 5.97 Å². The van der Waals surface area contributed by atoms with Gasteiger partial charge in [-0.15, -0.1) is 0 Å². The molecular weight excluding hydrogens is 422 g/mol. The molecule has 1 aliphatic carbocycles. The highest BCUT2D eigenvalue weighted by atomic mass is 32.2. The number of rotatable bonds is 7. The molecule has 156 valence electrons. The zero-order valence-corrected chi connectivity index (χ0v) is 15.8. The Balaban J connectivity index is 2.01. The molecule has 11 heteroatoms. The number of hydrogen-bond donors (Lipinski definition) is 0. The molecule has 1 saturated carbocycles. The van der Waals surface area contributed by atoms with Crippen LogP contribution < -0.4 is 0 Å². The molecule has 0 radical (unpaired) electrons. The van der Waals surface area contributed by atoms with Crippen molar-refractivity contribution < 1.29 is 35.9 Å². The Bertz CT molecular complexity index is 908. The van der Waals surface area contributed by atoms with E-state index in [1.165, 1.54) is 6.07 Å². The lowest BCUT2D eigenvalue weighted by Crippen LogP contribution is -2.40. The van der Waals surface area contributed by atoms with Crippen molar-refractivity contribution in [1.82, 2.24) is 9.29 Å². The van der Waals surface area contributed by atoms with Crippen LogP contribution in [0.2, 0.25) is 0 Å². The van der Waals surface area contributed by atoms with Crippen LogP contribution in [0.5, 0.6) is 0 Å². The van der Waals surface area contributed by atoms with Gasteiger partial charge in [0.1, 0.15) is 16.3 Å². The van der Waals surface area contributed by atoms with E-state index in [1.807, 2.05) is 0 Å². The molecule has 0 atom stereocenters. The number of benzene rings is 1. The lowest BCUT2D eigenvalue weighted by Gasteiger charge is -2.29. The zero-order chi connectivity index (χ0) is 21.3. The Labute approximate surface area is 166 Å². The third-order valence-corrected chi connectivity index (χ3v) is 5.56. The molecule has 0 amide bonds. The summed E-state index contributed by atoms with van der Waals surface area (Å²) in [5, 5.41) is 0. The number of hydrogen-bond acceptors (Lipinski definition) is 5. The van der Waals surface area contributed by atoms with E-state index in [-0.39, 0.29) is 43.6 Å². The number of carbonyl (C=O) groups is 1. The minimum Gasteiger partial charge on any atom is -0.465 e. The SMILES string of the molecule is CCOC(=O)C1(N(Cc2ccc(F)cn2)Sc2c(F)c(F)c(F)c(F)c2F)CC1. The largest absolute Gasteiger partial charge is 0.465 e. The fraction of sp³-hybridized carbons (Fsp3) is 0.333. The number of esters is 1. The van der Waals surface area contributed by atoms with Gasteiger partial charge in [0.25, 0.3) is 0 Å². The van der Waals surface area contributed by atoms with E-state index in [2.05, 4.69) is 4.98 Å². The standard InChI is InChI=1S/C18H14F6N2O2S/c1-2-28-17(27)18(5-6-18)26(8-10-4-3-9(19)7-25-10)29-16-14(23)12(21)11(20)13(22)15(16)24/h3-4,7H,2,5-6,8H2,1H3. The highest BCUT2D eigenvalue weighted by molar-refractivity contribution is 7.97. The molecule has 0 aliphatic heterocycles. The molecule has 1 aromatic carbocycles. The highest BCUT2D eigenvalue weighted by Gasteiger charge is 2.57. The second kappa shape index (κ2) is 8.23. The Kier molecular flexibility index (Phi) is 6.08. The summed E-state index contributed by atoms with van der Waals surface area (Å²) in [6.45, 7) is 1.37. The van der Waals surface area contributed by atoms with Crippen molar-refractivity contribution in [1.29, 1.82) is 0 Å². The Morgan fingerprint density at radius 3 is 2.14 bits per heavy atom. The first-order valence-corrected chi connectivity index (χ1v) is 9.23. The molecule has 1 fully saturated rings. The highest BCUT2D eigenvalue weighted by Crippen LogP contribution is 2.49. The van der Waals surface area contributed by atoms with E-state index in [0.717, 1.165) is 16.6 Å². The first-order chi connectivity index (χ1) is 13.7. The van der Waals surface area contributed by atoms with Gasteiger partial charge in [0.15, 0.2) is 23.3 Å². The average Bonchev–Trinajstić information content (AvgIpc) is 3.51. The summed E-state index contributed by atoms with van der Waals surface area (Å²) >= 11 is 0.204. The molecule has 0 N–H and O–H groups in total. The fourth-order valence-electron chi connectivity index (χ4n) is 2.63. The molecule has 1 heterocycles. The van der Waals surface area contributed by atoms with Gasteiger partial charge < -0.3 is 4.74 Å². The normalized spacial score (nSPS) is 14.9. The van der Waals surface area contributed by atoms with Crippen LogP contribution in [0.1, 0.15) is 25.5 Å². The van der Waals surface area contributed by atoms with Crippen LogP contribution >= 0.6 is 11.9 Å². The van der Waals surface area contributed by atoms with Gasteiger partial charge in [0, 0.05) is 0 Å². The quantitative estimate of drug-likeness (QED) is 0.210.